The minimum absolute atomic E-state index is 1.19. The second kappa shape index (κ2) is 20.3. The first-order valence-corrected chi connectivity index (χ1v) is 29.9. The summed E-state index contributed by atoms with van der Waals surface area (Å²) in [7, 11) is 0. The molecule has 0 radical (unpaired) electrons. The van der Waals surface area contributed by atoms with E-state index in [1.807, 2.05) is 0 Å². The van der Waals surface area contributed by atoms with Crippen LogP contribution in [-0.2, 0) is 0 Å². The highest BCUT2D eigenvalue weighted by atomic mass is 14.2. The number of benzene rings is 17. The summed E-state index contributed by atoms with van der Waals surface area (Å²) in [6.45, 7) is 0. The van der Waals surface area contributed by atoms with E-state index in [0.717, 1.165) is 0 Å². The van der Waals surface area contributed by atoms with E-state index in [2.05, 4.69) is 328 Å². The van der Waals surface area contributed by atoms with Crippen LogP contribution < -0.4 is 0 Å². The van der Waals surface area contributed by atoms with Crippen molar-refractivity contribution in [1.29, 1.82) is 0 Å². The molecule has 0 aliphatic heterocycles. The third-order valence-electron chi connectivity index (χ3n) is 18.3. The van der Waals surface area contributed by atoms with Crippen molar-refractivity contribution in [3.8, 4) is 89.0 Å². The summed E-state index contributed by atoms with van der Waals surface area (Å²) in [6.07, 6.45) is 0. The Kier molecular flexibility index (Phi) is 11.7. The molecule has 0 saturated carbocycles. The molecule has 0 saturated heterocycles. The molecule has 0 spiro atoms. The Labute approximate surface area is 499 Å². The Balaban J connectivity index is 0.712. The van der Waals surface area contributed by atoms with Crippen molar-refractivity contribution in [2.75, 3.05) is 0 Å². The van der Waals surface area contributed by atoms with Crippen LogP contribution in [0.15, 0.2) is 328 Å². The predicted octanol–water partition coefficient (Wildman–Crippen LogP) is 24.2. The summed E-state index contributed by atoms with van der Waals surface area (Å²) in [5.74, 6) is 0. The molecule has 0 N–H and O–H groups in total. The van der Waals surface area contributed by atoms with Crippen LogP contribution in [0.5, 0.6) is 0 Å². The lowest BCUT2D eigenvalue weighted by Gasteiger charge is -2.19. The maximum absolute atomic E-state index is 2.40. The van der Waals surface area contributed by atoms with Gasteiger partial charge in [-0.1, -0.05) is 322 Å². The molecule has 0 aromatic heterocycles. The van der Waals surface area contributed by atoms with E-state index < -0.39 is 0 Å². The van der Waals surface area contributed by atoms with E-state index in [9.17, 15) is 0 Å². The minimum Gasteiger partial charge on any atom is -0.0616 e. The Morgan fingerprint density at radius 1 is 0.116 bits per heavy atom. The van der Waals surface area contributed by atoms with Gasteiger partial charge in [0.05, 0.1) is 0 Å². The van der Waals surface area contributed by atoms with E-state index in [-0.39, 0.29) is 0 Å². The first-order chi connectivity index (χ1) is 42.7. The fourth-order valence-electron chi connectivity index (χ4n) is 14.3. The molecule has 17 aromatic rings. The van der Waals surface area contributed by atoms with Gasteiger partial charge >= 0.3 is 0 Å². The Morgan fingerprint density at radius 2 is 0.384 bits per heavy atom. The second-order valence-corrected chi connectivity index (χ2v) is 22.9. The van der Waals surface area contributed by atoms with Crippen LogP contribution in [0.4, 0.5) is 0 Å². The molecular weight excluding hydrogens is 1030 g/mol. The largest absolute Gasteiger partial charge is 0.0616 e. The highest BCUT2D eigenvalue weighted by Gasteiger charge is 2.21. The van der Waals surface area contributed by atoms with Gasteiger partial charge in [-0.05, 0) is 181 Å². The zero-order valence-corrected chi connectivity index (χ0v) is 47.2. The Bertz CT molecular complexity index is 5430. The smallest absolute Gasteiger partial charge is 0.00201 e. The van der Waals surface area contributed by atoms with Crippen molar-refractivity contribution >= 4 is 86.2 Å². The summed E-state index contributed by atoms with van der Waals surface area (Å²) >= 11 is 0. The highest BCUT2D eigenvalue weighted by Crippen LogP contribution is 2.48. The van der Waals surface area contributed by atoms with Crippen molar-refractivity contribution in [1.82, 2.24) is 0 Å². The van der Waals surface area contributed by atoms with Crippen molar-refractivity contribution < 1.29 is 0 Å². The van der Waals surface area contributed by atoms with Gasteiger partial charge < -0.3 is 0 Å². The molecular formula is C86H54. The molecule has 0 amide bonds. The first-order valence-electron chi connectivity index (χ1n) is 29.9. The van der Waals surface area contributed by atoms with Crippen LogP contribution in [0.25, 0.3) is 175 Å². The average molecular weight is 1090 g/mol. The first kappa shape index (κ1) is 49.4. The summed E-state index contributed by atoms with van der Waals surface area (Å²) in [5.41, 5.74) is 19.7. The topological polar surface area (TPSA) is 0 Å². The number of hydrogen-bond donors (Lipinski definition) is 0. The second-order valence-electron chi connectivity index (χ2n) is 22.9. The fourth-order valence-corrected chi connectivity index (χ4v) is 14.3. The van der Waals surface area contributed by atoms with Gasteiger partial charge in [-0.25, -0.2) is 0 Å². The van der Waals surface area contributed by atoms with Gasteiger partial charge in [0.2, 0.25) is 0 Å². The van der Waals surface area contributed by atoms with Crippen LogP contribution in [0.3, 0.4) is 0 Å². The lowest BCUT2D eigenvalue weighted by atomic mass is 9.84. The standard InChI is InChI=1S/C86H54/c1-3-23-65-56(18-1)20-15-35-66(65)59-40-47-62(48-41-59)83-74-27-7-9-29-76(74)84(77-30-10-8-28-75(77)83)63-49-42-60(43-50-63)68-52-53-72(70-26-6-5-25-69(68)70)71-36-16-22-58-44-51-64(54-82(58)71)55-38-45-61(46-39-55)85-78-31-11-13-33-80(78)86(81-34-14-12-32-79(81)85)73-37-17-21-57-19-2-4-24-67(57)73/h1-54H. The van der Waals surface area contributed by atoms with Crippen molar-refractivity contribution in [2.45, 2.75) is 0 Å². The van der Waals surface area contributed by atoms with E-state index in [0.29, 0.717) is 0 Å². The van der Waals surface area contributed by atoms with Gasteiger partial charge in [-0.2, -0.15) is 0 Å². The van der Waals surface area contributed by atoms with Crippen LogP contribution in [0.2, 0.25) is 0 Å². The van der Waals surface area contributed by atoms with Crippen LogP contribution in [0, 0.1) is 0 Å². The third-order valence-corrected chi connectivity index (χ3v) is 18.3. The molecule has 0 aliphatic rings. The van der Waals surface area contributed by atoms with Gasteiger partial charge in [0.15, 0.2) is 0 Å². The van der Waals surface area contributed by atoms with Gasteiger partial charge in [-0.3, -0.25) is 0 Å². The van der Waals surface area contributed by atoms with Crippen LogP contribution in [-0.4, -0.2) is 0 Å². The van der Waals surface area contributed by atoms with Gasteiger partial charge in [0.25, 0.3) is 0 Å². The molecule has 17 rings (SSSR count). The fraction of sp³-hybridized carbons (Fsp3) is 0. The van der Waals surface area contributed by atoms with Crippen molar-refractivity contribution in [3.63, 3.8) is 0 Å². The molecule has 0 fully saturated rings. The SMILES string of the molecule is c1ccc2c(-c3ccc(-c4c5ccccc5c(-c5ccc(-c6ccc(-c7cccc8ccc(-c9ccc(-c%10c%11ccccc%11c(-c%11cccc%12ccccc%11%12)c%11ccccc%10%11)cc9)cc78)c7ccccc67)cc5)c5ccccc45)cc3)cccc2c1. The van der Waals surface area contributed by atoms with Gasteiger partial charge in [0, 0.05) is 0 Å². The monoisotopic (exact) mass is 1090 g/mol. The van der Waals surface area contributed by atoms with Crippen LogP contribution >= 0.6 is 0 Å². The molecule has 0 nitrogen and oxygen atoms in total. The molecule has 0 bridgehead atoms. The summed E-state index contributed by atoms with van der Waals surface area (Å²) in [6, 6.07) is 122. The van der Waals surface area contributed by atoms with E-state index >= 15 is 0 Å². The molecule has 0 unspecified atom stereocenters. The van der Waals surface area contributed by atoms with E-state index in [4.69, 9.17) is 0 Å². The maximum Gasteiger partial charge on any atom is -0.00201 e. The molecule has 17 aromatic carbocycles. The summed E-state index contributed by atoms with van der Waals surface area (Å²) < 4.78 is 0. The zero-order valence-electron chi connectivity index (χ0n) is 47.2. The number of rotatable bonds is 8. The van der Waals surface area contributed by atoms with Crippen molar-refractivity contribution in [3.05, 3.63) is 328 Å². The lowest BCUT2D eigenvalue weighted by molar-refractivity contribution is 1.61. The molecule has 0 heterocycles. The van der Waals surface area contributed by atoms with Gasteiger partial charge in [0.1, 0.15) is 0 Å². The maximum atomic E-state index is 2.40. The molecule has 86 heavy (non-hydrogen) atoms. The predicted molar refractivity (Wildman–Crippen MR) is 370 cm³/mol. The molecule has 0 heteroatoms. The Morgan fingerprint density at radius 3 is 0.837 bits per heavy atom. The summed E-state index contributed by atoms with van der Waals surface area (Å²) in [5, 5.41) is 20.0. The van der Waals surface area contributed by atoms with Crippen LogP contribution in [0.1, 0.15) is 0 Å². The molecule has 0 aliphatic carbocycles. The average Bonchev–Trinajstić information content (AvgIpc) is 1.09. The van der Waals surface area contributed by atoms with E-state index in [1.54, 1.807) is 0 Å². The third kappa shape index (κ3) is 8.06. The lowest BCUT2D eigenvalue weighted by Crippen LogP contribution is -1.92. The van der Waals surface area contributed by atoms with Gasteiger partial charge in [-0.15, -0.1) is 0 Å². The number of fused-ring (bicyclic) bond motifs is 8. The summed E-state index contributed by atoms with van der Waals surface area (Å²) in [4.78, 5) is 0. The quantitative estimate of drug-likeness (QED) is 0.133. The van der Waals surface area contributed by atoms with Crippen molar-refractivity contribution in [2.24, 2.45) is 0 Å². The minimum atomic E-state index is 1.19. The molecule has 398 valence electrons. The van der Waals surface area contributed by atoms with E-state index in [1.165, 1.54) is 175 Å². The zero-order chi connectivity index (χ0) is 56.7. The normalized spacial score (nSPS) is 11.7. The Hall–Kier alpha value is -11.2. The molecule has 0 atom stereocenters. The highest BCUT2D eigenvalue weighted by molar-refractivity contribution is 6.24. The number of hydrogen-bond acceptors (Lipinski definition) is 0.